The lowest BCUT2D eigenvalue weighted by Gasteiger charge is -2.40. The zero-order valence-electron chi connectivity index (χ0n) is 9.77. The Bertz CT molecular complexity index is 220. The molecule has 3 unspecified atom stereocenters. The third kappa shape index (κ3) is 3.18. The molecule has 0 amide bonds. The van der Waals surface area contributed by atoms with E-state index in [0.717, 1.165) is 13.0 Å². The predicted octanol–water partition coefficient (Wildman–Crippen LogP) is 1.21. The molecule has 1 rings (SSSR count). The molecular formula is C11H21NO3. The number of likely N-dealkylation sites (tertiary alicyclic amines) is 1. The quantitative estimate of drug-likeness (QED) is 0.765. The summed E-state index contributed by atoms with van der Waals surface area (Å²) in [5.74, 6) is -0.197. The molecule has 0 aliphatic carbocycles. The summed E-state index contributed by atoms with van der Waals surface area (Å²) >= 11 is 0. The Hall–Kier alpha value is -0.610. The Kier molecular flexibility index (Phi) is 4.54. The average Bonchev–Trinajstić information content (AvgIpc) is 2.18. The summed E-state index contributed by atoms with van der Waals surface area (Å²) in [5.41, 5.74) is 0. The second-order valence-corrected chi connectivity index (χ2v) is 4.54. The number of rotatable bonds is 4. The highest BCUT2D eigenvalue weighted by atomic mass is 16.5. The summed E-state index contributed by atoms with van der Waals surface area (Å²) in [5, 5.41) is 9.14. The maximum Gasteiger partial charge on any atom is 0.323 e. The van der Waals surface area contributed by atoms with Gasteiger partial charge in [0, 0.05) is 19.7 Å². The number of aliphatic carboxylic acids is 1. The number of methoxy groups -OCH3 is 1. The molecule has 0 aromatic rings. The lowest BCUT2D eigenvalue weighted by Crippen LogP contribution is -2.52. The Labute approximate surface area is 91.2 Å². The van der Waals surface area contributed by atoms with Gasteiger partial charge in [-0.25, -0.2) is 0 Å². The van der Waals surface area contributed by atoms with Crippen molar-refractivity contribution >= 4 is 5.97 Å². The van der Waals surface area contributed by atoms with Crippen LogP contribution in [0.5, 0.6) is 0 Å². The molecule has 1 aliphatic heterocycles. The van der Waals surface area contributed by atoms with Crippen molar-refractivity contribution in [3.05, 3.63) is 0 Å². The maximum atomic E-state index is 11.1. The SMILES string of the molecule is COCC(C(=O)O)N1CC(C)CCC1C. The van der Waals surface area contributed by atoms with Crippen LogP contribution >= 0.6 is 0 Å². The third-order valence-electron chi connectivity index (χ3n) is 3.18. The Balaban J connectivity index is 2.67. The molecule has 4 nitrogen and oxygen atoms in total. The molecule has 1 saturated heterocycles. The number of ether oxygens (including phenoxy) is 1. The van der Waals surface area contributed by atoms with Crippen LogP contribution in [0.25, 0.3) is 0 Å². The van der Waals surface area contributed by atoms with Crippen molar-refractivity contribution < 1.29 is 14.6 Å². The van der Waals surface area contributed by atoms with Crippen LogP contribution in [-0.2, 0) is 9.53 Å². The van der Waals surface area contributed by atoms with E-state index < -0.39 is 12.0 Å². The number of piperidine rings is 1. The fraction of sp³-hybridized carbons (Fsp3) is 0.909. The van der Waals surface area contributed by atoms with Crippen LogP contribution in [-0.4, -0.2) is 48.3 Å². The van der Waals surface area contributed by atoms with Gasteiger partial charge in [-0.1, -0.05) is 6.92 Å². The lowest BCUT2D eigenvalue weighted by atomic mass is 9.93. The Morgan fingerprint density at radius 2 is 2.20 bits per heavy atom. The van der Waals surface area contributed by atoms with E-state index in [4.69, 9.17) is 9.84 Å². The van der Waals surface area contributed by atoms with Crippen molar-refractivity contribution in [1.82, 2.24) is 4.90 Å². The second-order valence-electron chi connectivity index (χ2n) is 4.54. The summed E-state index contributed by atoms with van der Waals surface area (Å²) in [6.07, 6.45) is 2.27. The molecule has 3 atom stereocenters. The monoisotopic (exact) mass is 215 g/mol. The predicted molar refractivity (Wildman–Crippen MR) is 57.9 cm³/mol. The highest BCUT2D eigenvalue weighted by Gasteiger charge is 2.33. The fourth-order valence-electron chi connectivity index (χ4n) is 2.22. The molecule has 0 radical (unpaired) electrons. The van der Waals surface area contributed by atoms with Crippen molar-refractivity contribution in [2.75, 3.05) is 20.3 Å². The molecule has 1 fully saturated rings. The van der Waals surface area contributed by atoms with Gasteiger partial charge < -0.3 is 9.84 Å². The summed E-state index contributed by atoms with van der Waals surface area (Å²) in [4.78, 5) is 13.2. The lowest BCUT2D eigenvalue weighted by molar-refractivity contribution is -0.147. The molecule has 0 spiro atoms. The van der Waals surface area contributed by atoms with Crippen LogP contribution in [0, 0.1) is 5.92 Å². The molecule has 0 bridgehead atoms. The van der Waals surface area contributed by atoms with Crippen molar-refractivity contribution in [3.63, 3.8) is 0 Å². The molecule has 1 N–H and O–H groups in total. The Morgan fingerprint density at radius 3 is 2.73 bits per heavy atom. The fourth-order valence-corrected chi connectivity index (χ4v) is 2.22. The van der Waals surface area contributed by atoms with E-state index in [1.807, 2.05) is 0 Å². The molecule has 88 valence electrons. The van der Waals surface area contributed by atoms with Crippen LogP contribution in [0.15, 0.2) is 0 Å². The van der Waals surface area contributed by atoms with Gasteiger partial charge in [-0.2, -0.15) is 0 Å². The van der Waals surface area contributed by atoms with E-state index in [9.17, 15) is 4.79 Å². The number of nitrogens with zero attached hydrogens (tertiary/aromatic N) is 1. The summed E-state index contributed by atoms with van der Waals surface area (Å²) in [6.45, 7) is 5.40. The first-order valence-corrected chi connectivity index (χ1v) is 5.53. The van der Waals surface area contributed by atoms with E-state index in [1.165, 1.54) is 6.42 Å². The number of carboxylic acids is 1. The first-order valence-electron chi connectivity index (χ1n) is 5.53. The number of hydrogen-bond acceptors (Lipinski definition) is 3. The zero-order chi connectivity index (χ0) is 11.4. The number of carbonyl (C=O) groups is 1. The van der Waals surface area contributed by atoms with Gasteiger partial charge in [0.15, 0.2) is 0 Å². The molecular weight excluding hydrogens is 194 g/mol. The highest BCUT2D eigenvalue weighted by molar-refractivity contribution is 5.73. The van der Waals surface area contributed by atoms with Gasteiger partial charge in [-0.15, -0.1) is 0 Å². The van der Waals surface area contributed by atoms with Gasteiger partial charge in [0.05, 0.1) is 6.61 Å². The standard InChI is InChI=1S/C11H21NO3/c1-8-4-5-9(2)12(6-8)10(7-15-3)11(13)14/h8-10H,4-7H2,1-3H3,(H,13,14). The first kappa shape index (κ1) is 12.5. The van der Waals surface area contributed by atoms with Crippen molar-refractivity contribution in [2.24, 2.45) is 5.92 Å². The second kappa shape index (κ2) is 5.47. The minimum absolute atomic E-state index is 0.270. The average molecular weight is 215 g/mol. The van der Waals surface area contributed by atoms with E-state index >= 15 is 0 Å². The van der Waals surface area contributed by atoms with Crippen LogP contribution in [0.4, 0.5) is 0 Å². The van der Waals surface area contributed by atoms with Gasteiger partial charge >= 0.3 is 5.97 Å². The smallest absolute Gasteiger partial charge is 0.323 e. The van der Waals surface area contributed by atoms with E-state index in [-0.39, 0.29) is 6.61 Å². The zero-order valence-corrected chi connectivity index (χ0v) is 9.77. The molecule has 0 saturated carbocycles. The summed E-state index contributed by atoms with van der Waals surface area (Å²) < 4.78 is 4.98. The van der Waals surface area contributed by atoms with Gasteiger partial charge in [0.2, 0.25) is 0 Å². The minimum Gasteiger partial charge on any atom is -0.480 e. The highest BCUT2D eigenvalue weighted by Crippen LogP contribution is 2.23. The molecule has 1 heterocycles. The largest absolute Gasteiger partial charge is 0.480 e. The topological polar surface area (TPSA) is 49.8 Å². The minimum atomic E-state index is -0.780. The van der Waals surface area contributed by atoms with Crippen LogP contribution in [0.3, 0.4) is 0 Å². The first-order chi connectivity index (χ1) is 7.06. The molecule has 4 heteroatoms. The van der Waals surface area contributed by atoms with Crippen molar-refractivity contribution in [1.29, 1.82) is 0 Å². The van der Waals surface area contributed by atoms with E-state index in [0.29, 0.717) is 12.0 Å². The van der Waals surface area contributed by atoms with Crippen LogP contribution in [0.2, 0.25) is 0 Å². The van der Waals surface area contributed by atoms with Gasteiger partial charge in [0.1, 0.15) is 6.04 Å². The van der Waals surface area contributed by atoms with Gasteiger partial charge in [-0.05, 0) is 25.7 Å². The number of carboxylic acid groups (broad SMARTS) is 1. The van der Waals surface area contributed by atoms with E-state index in [1.54, 1.807) is 7.11 Å². The molecule has 0 aromatic heterocycles. The summed E-state index contributed by atoms with van der Waals surface area (Å²) in [6, 6.07) is -0.148. The van der Waals surface area contributed by atoms with Crippen molar-refractivity contribution in [3.8, 4) is 0 Å². The summed E-state index contributed by atoms with van der Waals surface area (Å²) in [7, 11) is 1.55. The molecule has 0 aromatic carbocycles. The van der Waals surface area contributed by atoms with E-state index in [2.05, 4.69) is 18.7 Å². The third-order valence-corrected chi connectivity index (χ3v) is 3.18. The maximum absolute atomic E-state index is 11.1. The van der Waals surface area contributed by atoms with Crippen LogP contribution < -0.4 is 0 Å². The van der Waals surface area contributed by atoms with Gasteiger partial charge in [-0.3, -0.25) is 9.69 Å². The van der Waals surface area contributed by atoms with Crippen LogP contribution in [0.1, 0.15) is 26.7 Å². The Morgan fingerprint density at radius 1 is 1.53 bits per heavy atom. The normalized spacial score (nSPS) is 30.1. The number of hydrogen-bond donors (Lipinski definition) is 1. The molecule has 1 aliphatic rings. The van der Waals surface area contributed by atoms with Crippen molar-refractivity contribution in [2.45, 2.75) is 38.8 Å². The molecule has 15 heavy (non-hydrogen) atoms. The van der Waals surface area contributed by atoms with Gasteiger partial charge in [0.25, 0.3) is 0 Å².